The minimum Gasteiger partial charge on any atom is -0.375 e. The smallest absolute Gasteiger partial charge is 0.375 e. The van der Waals surface area contributed by atoms with Crippen molar-refractivity contribution < 1.29 is 13.2 Å². The third-order valence-electron chi connectivity index (χ3n) is 10.4. The summed E-state index contributed by atoms with van der Waals surface area (Å²) in [6, 6.07) is 17.6. The molecular formula is C47H71ClF3N. The van der Waals surface area contributed by atoms with Crippen molar-refractivity contribution in [1.82, 2.24) is 0 Å². The van der Waals surface area contributed by atoms with E-state index in [0.29, 0.717) is 0 Å². The van der Waals surface area contributed by atoms with Crippen molar-refractivity contribution >= 4 is 17.3 Å². The van der Waals surface area contributed by atoms with E-state index >= 15 is 0 Å². The number of fused-ring (bicyclic) bond motifs is 2. The lowest BCUT2D eigenvalue weighted by molar-refractivity contribution is -0.110. The molecule has 0 heterocycles. The summed E-state index contributed by atoms with van der Waals surface area (Å²) in [4.78, 5) is 0. The van der Waals surface area contributed by atoms with Crippen molar-refractivity contribution in [3.05, 3.63) is 106 Å². The Kier molecular flexibility index (Phi) is 22.4. The standard InChI is InChI=1S/C38H48ClN.C3H8.C2H3F3.2C2H6/c1-4-32(5-2)38(40-35-21-14-20-34(39)28-35)25-23-37(24-26-38)33(27-31-18-11-13-22-36(31)37)19-12-10-17-30-16-9-7-6-8-15-29(30)3;1-3-2;1-2(3,4)5;2*1-2/h9,11,13-14,16,18,20-22,28,33,40H,1,5-8,10,12,15,17,19,23-27H2,2-3H3;3H2,1-2H3;1H3;2*1-2H3/b16-9-,30-29-;;;;. The SMILES string of the molecule is C=C=C(CC)C1(Nc2cccc(Cl)c2)CCC2(CC1)c1ccccc1CC2CCCCC1=C(/C)CCCC/C=C\1.CC.CC.CC(F)(F)F.CCC. The molecule has 1 spiro atoms. The highest BCUT2D eigenvalue weighted by molar-refractivity contribution is 6.30. The van der Waals surface area contributed by atoms with Gasteiger partial charge in [-0.05, 0) is 142 Å². The van der Waals surface area contributed by atoms with Crippen LogP contribution >= 0.6 is 11.6 Å². The number of allylic oxidation sites excluding steroid dienone is 4. The van der Waals surface area contributed by atoms with Gasteiger partial charge in [-0.2, -0.15) is 13.2 Å². The summed E-state index contributed by atoms with van der Waals surface area (Å²) >= 11 is 6.38. The number of hydrogen-bond donors (Lipinski definition) is 1. The van der Waals surface area contributed by atoms with Gasteiger partial charge in [0, 0.05) is 17.6 Å². The molecule has 292 valence electrons. The molecule has 0 aromatic heterocycles. The number of nitrogens with one attached hydrogen (secondary N) is 1. The second kappa shape index (κ2) is 24.6. The number of halogens is 4. The average molecular weight is 743 g/mol. The van der Waals surface area contributed by atoms with E-state index in [9.17, 15) is 13.2 Å². The molecule has 0 amide bonds. The zero-order valence-corrected chi connectivity index (χ0v) is 34.9. The Morgan fingerprint density at radius 3 is 2.17 bits per heavy atom. The zero-order valence-electron chi connectivity index (χ0n) is 34.2. The maximum Gasteiger partial charge on any atom is 0.386 e. The quantitative estimate of drug-likeness (QED) is 0.199. The van der Waals surface area contributed by atoms with Gasteiger partial charge < -0.3 is 5.32 Å². The van der Waals surface area contributed by atoms with Crippen molar-refractivity contribution in [2.24, 2.45) is 5.92 Å². The second-order valence-corrected chi connectivity index (χ2v) is 14.6. The molecule has 1 N–H and O–H groups in total. The molecule has 5 heteroatoms. The van der Waals surface area contributed by atoms with Gasteiger partial charge >= 0.3 is 6.18 Å². The number of benzene rings is 2. The minimum absolute atomic E-state index is 0.108. The molecule has 52 heavy (non-hydrogen) atoms. The van der Waals surface area contributed by atoms with Crippen LogP contribution in [0.3, 0.4) is 0 Å². The van der Waals surface area contributed by atoms with E-state index in [0.717, 1.165) is 35.9 Å². The fourth-order valence-corrected chi connectivity index (χ4v) is 8.39. The largest absolute Gasteiger partial charge is 0.386 e. The van der Waals surface area contributed by atoms with Crippen LogP contribution < -0.4 is 5.32 Å². The molecule has 1 unspecified atom stereocenters. The summed E-state index contributed by atoms with van der Waals surface area (Å²) in [7, 11) is 0. The van der Waals surface area contributed by atoms with Gasteiger partial charge in [-0.1, -0.05) is 128 Å². The molecule has 0 aliphatic heterocycles. The summed E-state index contributed by atoms with van der Waals surface area (Å²) in [5.41, 5.74) is 12.4. The molecule has 0 bridgehead atoms. The first kappa shape index (κ1) is 47.3. The van der Waals surface area contributed by atoms with Crippen LogP contribution in [0, 0.1) is 5.92 Å². The van der Waals surface area contributed by atoms with Gasteiger partial charge in [0.15, 0.2) is 0 Å². The molecule has 2 aromatic rings. The van der Waals surface area contributed by atoms with Gasteiger partial charge in [-0.15, -0.1) is 5.73 Å². The summed E-state index contributed by atoms with van der Waals surface area (Å²) in [5, 5.41) is 4.73. The van der Waals surface area contributed by atoms with Gasteiger partial charge in [0.05, 0.1) is 5.54 Å². The summed E-state index contributed by atoms with van der Waals surface area (Å²) in [5.74, 6) is 0.731. The Labute approximate surface area is 322 Å². The molecular weight excluding hydrogens is 671 g/mol. The van der Waals surface area contributed by atoms with Crippen molar-refractivity contribution in [3.8, 4) is 0 Å². The minimum atomic E-state index is -4.00. The van der Waals surface area contributed by atoms with Crippen LogP contribution in [0.25, 0.3) is 0 Å². The molecule has 3 aliphatic carbocycles. The molecule has 3 aliphatic rings. The first-order chi connectivity index (χ1) is 24.9. The number of rotatable bonds is 9. The van der Waals surface area contributed by atoms with E-state index in [1.165, 1.54) is 82.6 Å². The van der Waals surface area contributed by atoms with Crippen molar-refractivity contribution in [1.29, 1.82) is 0 Å². The molecule has 1 fully saturated rings. The average Bonchev–Trinajstić information content (AvgIpc) is 3.41. The molecule has 0 saturated heterocycles. The van der Waals surface area contributed by atoms with E-state index in [2.05, 4.69) is 93.9 Å². The van der Waals surface area contributed by atoms with Gasteiger partial charge in [0.2, 0.25) is 0 Å². The Morgan fingerprint density at radius 2 is 1.58 bits per heavy atom. The first-order valence-corrected chi connectivity index (χ1v) is 20.7. The lowest BCUT2D eigenvalue weighted by Gasteiger charge is -2.49. The molecule has 0 radical (unpaired) electrons. The van der Waals surface area contributed by atoms with E-state index in [1.807, 2.05) is 39.8 Å². The number of anilines is 1. The Hall–Kier alpha value is -2.68. The topological polar surface area (TPSA) is 12.0 Å². The van der Waals surface area contributed by atoms with Crippen LogP contribution in [0.15, 0.2) is 89.7 Å². The lowest BCUT2D eigenvalue weighted by atomic mass is 9.58. The third kappa shape index (κ3) is 14.6. The Morgan fingerprint density at radius 1 is 0.942 bits per heavy atom. The van der Waals surface area contributed by atoms with Crippen LogP contribution in [-0.2, 0) is 11.8 Å². The van der Waals surface area contributed by atoms with E-state index in [4.69, 9.17) is 11.6 Å². The van der Waals surface area contributed by atoms with Crippen LogP contribution in [0.4, 0.5) is 18.9 Å². The highest BCUT2D eigenvalue weighted by Gasteiger charge is 2.51. The molecule has 1 atom stereocenters. The highest BCUT2D eigenvalue weighted by Crippen LogP contribution is 2.57. The predicted octanol–water partition coefficient (Wildman–Crippen LogP) is 16.3. The summed E-state index contributed by atoms with van der Waals surface area (Å²) in [6.45, 7) is 21.2. The summed E-state index contributed by atoms with van der Waals surface area (Å²) < 4.78 is 31.1. The van der Waals surface area contributed by atoms with Gasteiger partial charge in [0.25, 0.3) is 0 Å². The molecule has 5 rings (SSSR count). The molecule has 1 nitrogen and oxygen atoms in total. The predicted molar refractivity (Wildman–Crippen MR) is 224 cm³/mol. The number of alkyl halides is 3. The molecule has 2 aromatic carbocycles. The van der Waals surface area contributed by atoms with Gasteiger partial charge in [-0.25, -0.2) is 0 Å². The normalized spacial score (nSPS) is 23.9. The lowest BCUT2D eigenvalue weighted by Crippen LogP contribution is -2.49. The maximum atomic E-state index is 10.4. The van der Waals surface area contributed by atoms with Crippen molar-refractivity contribution in [3.63, 3.8) is 0 Å². The fraction of sp³-hybridized carbons (Fsp3) is 0.596. The van der Waals surface area contributed by atoms with Crippen LogP contribution in [0.1, 0.15) is 163 Å². The monoisotopic (exact) mass is 742 g/mol. The van der Waals surface area contributed by atoms with Crippen LogP contribution in [0.2, 0.25) is 5.02 Å². The zero-order chi connectivity index (χ0) is 39.2. The van der Waals surface area contributed by atoms with Gasteiger partial charge in [0.1, 0.15) is 0 Å². The number of unbranched alkanes of at least 4 members (excludes halogenated alkanes) is 1. The number of hydrogen-bond acceptors (Lipinski definition) is 1. The second-order valence-electron chi connectivity index (χ2n) is 14.1. The Balaban J connectivity index is 0.000000996. The first-order valence-electron chi connectivity index (χ1n) is 20.3. The van der Waals surface area contributed by atoms with Crippen molar-refractivity contribution in [2.75, 3.05) is 5.32 Å². The third-order valence-corrected chi connectivity index (χ3v) is 10.7. The van der Waals surface area contributed by atoms with Crippen LogP contribution in [0.5, 0.6) is 0 Å². The fourth-order valence-electron chi connectivity index (χ4n) is 8.20. The molecule has 1 saturated carbocycles. The highest BCUT2D eigenvalue weighted by atomic mass is 35.5. The van der Waals surface area contributed by atoms with Crippen LogP contribution in [-0.4, -0.2) is 11.7 Å². The maximum absolute atomic E-state index is 10.4. The summed E-state index contributed by atoms with van der Waals surface area (Å²) in [6.07, 6.45) is 19.3. The van der Waals surface area contributed by atoms with E-state index in [-0.39, 0.29) is 17.9 Å². The van der Waals surface area contributed by atoms with Crippen molar-refractivity contribution in [2.45, 2.75) is 176 Å². The Bertz CT molecular complexity index is 1400. The van der Waals surface area contributed by atoms with E-state index < -0.39 is 6.18 Å². The van der Waals surface area contributed by atoms with Gasteiger partial charge in [-0.3, -0.25) is 0 Å². The van der Waals surface area contributed by atoms with E-state index in [1.54, 1.807) is 22.3 Å².